The fourth-order valence-electron chi connectivity index (χ4n) is 4.59. The zero-order valence-corrected chi connectivity index (χ0v) is 20.3. The van der Waals surface area contributed by atoms with Crippen LogP contribution in [0.25, 0.3) is 33.6 Å². The molecule has 4 aromatic rings. The molecule has 2 aromatic carbocycles. The number of pyridine rings is 1. The number of anilines is 1. The molecule has 8 heteroatoms. The van der Waals surface area contributed by atoms with E-state index in [1.54, 1.807) is 51.7 Å². The van der Waals surface area contributed by atoms with Gasteiger partial charge in [0.2, 0.25) is 0 Å². The summed E-state index contributed by atoms with van der Waals surface area (Å²) in [5.41, 5.74) is 5.25. The van der Waals surface area contributed by atoms with E-state index in [-0.39, 0.29) is 5.91 Å². The Morgan fingerprint density at radius 1 is 1.19 bits per heavy atom. The number of carbonyl (C=O) groups excluding carboxylic acids is 1. The summed E-state index contributed by atoms with van der Waals surface area (Å²) in [4.78, 5) is 20.3. The van der Waals surface area contributed by atoms with Crippen molar-refractivity contribution >= 4 is 22.7 Å². The van der Waals surface area contributed by atoms with Crippen molar-refractivity contribution in [2.75, 3.05) is 39.2 Å². The fraction of sp³-hybridized carbons (Fsp3) is 0.250. The number of fused-ring (bicyclic) bond motifs is 1. The van der Waals surface area contributed by atoms with Crippen LogP contribution in [0.1, 0.15) is 22.3 Å². The topological polar surface area (TPSA) is 82.6 Å². The van der Waals surface area contributed by atoms with E-state index in [4.69, 9.17) is 9.15 Å². The number of ether oxygens (including phenoxy) is 1. The first-order chi connectivity index (χ1) is 17.4. The molecule has 3 heterocycles. The van der Waals surface area contributed by atoms with Crippen molar-refractivity contribution in [1.82, 2.24) is 9.88 Å². The molecule has 0 bridgehead atoms. The third-order valence-corrected chi connectivity index (χ3v) is 6.43. The van der Waals surface area contributed by atoms with E-state index in [0.29, 0.717) is 58.8 Å². The molecule has 0 saturated carbocycles. The molecule has 5 rings (SSSR count). The first-order valence-corrected chi connectivity index (χ1v) is 11.6. The largest absolute Gasteiger partial charge is 0.496 e. The molecule has 0 spiro atoms. The number of methoxy groups -OCH3 is 1. The summed E-state index contributed by atoms with van der Waals surface area (Å²) >= 11 is 0. The second kappa shape index (κ2) is 9.34. The van der Waals surface area contributed by atoms with Crippen LogP contribution < -0.4 is 9.64 Å². The maximum atomic E-state index is 13.7. The summed E-state index contributed by atoms with van der Waals surface area (Å²) < 4.78 is 25.6. The van der Waals surface area contributed by atoms with Gasteiger partial charge in [-0.3, -0.25) is 9.78 Å². The molecular formula is C28H25FN4O3. The number of halogens is 1. The summed E-state index contributed by atoms with van der Waals surface area (Å²) in [6.07, 6.45) is 1.30. The van der Waals surface area contributed by atoms with Gasteiger partial charge in [-0.05, 0) is 48.4 Å². The van der Waals surface area contributed by atoms with Crippen molar-refractivity contribution in [3.8, 4) is 34.3 Å². The molecule has 1 amide bonds. The first kappa shape index (κ1) is 23.4. The third kappa shape index (κ3) is 4.13. The maximum Gasteiger partial charge on any atom is 0.253 e. The maximum absolute atomic E-state index is 13.7. The number of nitriles is 1. The summed E-state index contributed by atoms with van der Waals surface area (Å²) in [6, 6.07) is 16.7. The number of benzene rings is 2. The van der Waals surface area contributed by atoms with E-state index < -0.39 is 6.17 Å². The molecule has 7 nitrogen and oxygen atoms in total. The minimum absolute atomic E-state index is 0.124. The second-order valence-electron chi connectivity index (χ2n) is 8.97. The first-order valence-electron chi connectivity index (χ1n) is 11.6. The Labute approximate surface area is 208 Å². The molecule has 0 radical (unpaired) electrons. The highest BCUT2D eigenvalue weighted by Gasteiger charge is 2.24. The molecule has 1 fully saturated rings. The van der Waals surface area contributed by atoms with Crippen LogP contribution in [0.4, 0.5) is 10.1 Å². The van der Waals surface area contributed by atoms with Gasteiger partial charge in [-0.1, -0.05) is 6.07 Å². The molecule has 2 aromatic heterocycles. The van der Waals surface area contributed by atoms with Crippen LogP contribution in [0.3, 0.4) is 0 Å². The van der Waals surface area contributed by atoms with E-state index in [1.165, 1.54) is 4.90 Å². The van der Waals surface area contributed by atoms with Crippen LogP contribution in [-0.4, -0.2) is 56.3 Å². The number of carbonyl (C=O) groups is 1. The lowest BCUT2D eigenvalue weighted by atomic mass is 10.0. The van der Waals surface area contributed by atoms with Gasteiger partial charge in [0.25, 0.3) is 5.91 Å². The molecule has 1 atom stereocenters. The Balaban J connectivity index is 1.56. The van der Waals surface area contributed by atoms with Crippen molar-refractivity contribution in [1.29, 1.82) is 5.26 Å². The molecule has 182 valence electrons. The highest BCUT2D eigenvalue weighted by molar-refractivity contribution is 5.96. The average Bonchev–Trinajstić information content (AvgIpc) is 3.53. The molecular weight excluding hydrogens is 459 g/mol. The van der Waals surface area contributed by atoms with Crippen LogP contribution in [0.2, 0.25) is 0 Å². The van der Waals surface area contributed by atoms with Gasteiger partial charge >= 0.3 is 0 Å². The normalized spacial score (nSPS) is 15.2. The third-order valence-electron chi connectivity index (χ3n) is 6.43. The summed E-state index contributed by atoms with van der Waals surface area (Å²) in [6.45, 7) is 0.896. The predicted molar refractivity (Wildman–Crippen MR) is 136 cm³/mol. The van der Waals surface area contributed by atoms with Gasteiger partial charge in [0, 0.05) is 50.6 Å². The Kier molecular flexibility index (Phi) is 6.06. The highest BCUT2D eigenvalue weighted by atomic mass is 19.1. The van der Waals surface area contributed by atoms with E-state index in [2.05, 4.69) is 11.1 Å². The number of hydrogen-bond acceptors (Lipinski definition) is 6. The highest BCUT2D eigenvalue weighted by Crippen LogP contribution is 2.38. The molecule has 1 aliphatic rings. The Morgan fingerprint density at radius 2 is 2.03 bits per heavy atom. The molecule has 0 N–H and O–H groups in total. The van der Waals surface area contributed by atoms with Crippen LogP contribution in [0.15, 0.2) is 59.1 Å². The zero-order chi connectivity index (χ0) is 25.4. The smallest absolute Gasteiger partial charge is 0.253 e. The minimum Gasteiger partial charge on any atom is -0.496 e. The van der Waals surface area contributed by atoms with E-state index in [0.717, 1.165) is 16.8 Å². The Bertz CT molecular complexity index is 1500. The van der Waals surface area contributed by atoms with Crippen LogP contribution in [0.5, 0.6) is 5.75 Å². The number of amides is 1. The van der Waals surface area contributed by atoms with Crippen molar-refractivity contribution in [2.45, 2.75) is 12.6 Å². The van der Waals surface area contributed by atoms with E-state index in [9.17, 15) is 14.4 Å². The molecule has 1 unspecified atom stereocenters. The molecule has 36 heavy (non-hydrogen) atoms. The second-order valence-corrected chi connectivity index (χ2v) is 8.97. The molecule has 1 saturated heterocycles. The van der Waals surface area contributed by atoms with Gasteiger partial charge in [-0.15, -0.1) is 0 Å². The van der Waals surface area contributed by atoms with Gasteiger partial charge in [-0.25, -0.2) is 4.39 Å². The molecule has 0 aliphatic carbocycles. The SMILES string of the molecule is COc1cc(C(=O)N(C)C)ccc1-c1cc2nccc(-c3ccc(N4CCC(F)C4)c(C#N)c3)c2o1. The lowest BCUT2D eigenvalue weighted by molar-refractivity contribution is 0.0827. The van der Waals surface area contributed by atoms with Crippen molar-refractivity contribution in [3.05, 3.63) is 65.9 Å². The van der Waals surface area contributed by atoms with Crippen LogP contribution in [0, 0.1) is 11.3 Å². The van der Waals surface area contributed by atoms with Gasteiger partial charge < -0.3 is 19.0 Å². The monoisotopic (exact) mass is 484 g/mol. The summed E-state index contributed by atoms with van der Waals surface area (Å²) in [5.74, 6) is 0.936. The number of hydrogen-bond donors (Lipinski definition) is 0. The number of furan rings is 1. The summed E-state index contributed by atoms with van der Waals surface area (Å²) in [5, 5.41) is 9.79. The quantitative estimate of drug-likeness (QED) is 0.383. The standard InChI is InChI=1S/C28H25FN4O3/c1-32(2)28(34)18-4-6-22(25(13-18)35-3)26-14-23-27(36-26)21(8-10-31-23)17-5-7-24(19(12-17)15-30)33-11-9-20(29)16-33/h4-8,10,12-14,20H,9,11,16H2,1-3H3. The number of rotatable bonds is 5. The predicted octanol–water partition coefficient (Wildman–Crippen LogP) is 5.29. The zero-order valence-electron chi connectivity index (χ0n) is 20.3. The van der Waals surface area contributed by atoms with Gasteiger partial charge in [-0.2, -0.15) is 5.26 Å². The number of aromatic nitrogens is 1. The fourth-order valence-corrected chi connectivity index (χ4v) is 4.59. The van der Waals surface area contributed by atoms with E-state index in [1.807, 2.05) is 29.2 Å². The van der Waals surface area contributed by atoms with Crippen molar-refractivity contribution < 1.29 is 18.3 Å². The Hall–Kier alpha value is -4.38. The lowest BCUT2D eigenvalue weighted by Crippen LogP contribution is -2.21. The molecule has 1 aliphatic heterocycles. The van der Waals surface area contributed by atoms with Crippen molar-refractivity contribution in [3.63, 3.8) is 0 Å². The number of nitrogens with zero attached hydrogens (tertiary/aromatic N) is 4. The average molecular weight is 485 g/mol. The number of alkyl halides is 1. The van der Waals surface area contributed by atoms with E-state index >= 15 is 0 Å². The van der Waals surface area contributed by atoms with Crippen LogP contribution >= 0.6 is 0 Å². The lowest BCUT2D eigenvalue weighted by Gasteiger charge is -2.19. The summed E-state index contributed by atoms with van der Waals surface area (Å²) in [7, 11) is 4.94. The van der Waals surface area contributed by atoms with Crippen LogP contribution in [-0.2, 0) is 0 Å². The van der Waals surface area contributed by atoms with Gasteiger partial charge in [0.05, 0.1) is 23.9 Å². The van der Waals surface area contributed by atoms with Gasteiger partial charge in [0.1, 0.15) is 29.3 Å². The Morgan fingerprint density at radius 3 is 2.72 bits per heavy atom. The minimum atomic E-state index is -0.871. The van der Waals surface area contributed by atoms with Gasteiger partial charge in [0.15, 0.2) is 5.58 Å². The van der Waals surface area contributed by atoms with Crippen molar-refractivity contribution in [2.24, 2.45) is 0 Å².